The molecule has 0 fully saturated rings. The second kappa shape index (κ2) is 7.54. The van der Waals surface area contributed by atoms with Gasteiger partial charge in [0.1, 0.15) is 0 Å². The zero-order valence-corrected chi connectivity index (χ0v) is 11.6. The number of nitrogens with zero attached hydrogens (tertiary/aromatic N) is 1. The predicted molar refractivity (Wildman–Crippen MR) is 83.7 cm³/mol. The standard InChI is InChI=1S/C12H10.C5H4N2O3/c1-3-7-11(8-4-1)12-9-5-2-6-10-12;8-4-3(5(9)10)6-1-2-7-4/h1-10H;1-2H,(H,7,8)(H,9,10). The SMILES string of the molecule is O=C(O)c1ncc[nH]c1=O.c1ccc(-c2ccccc2)cc1. The van der Waals surface area contributed by atoms with Crippen molar-refractivity contribution in [3.05, 3.63) is 89.1 Å². The van der Waals surface area contributed by atoms with E-state index in [0.717, 1.165) is 0 Å². The molecule has 0 radical (unpaired) electrons. The van der Waals surface area contributed by atoms with Gasteiger partial charge in [-0.1, -0.05) is 60.7 Å². The first kappa shape index (κ1) is 15.2. The summed E-state index contributed by atoms with van der Waals surface area (Å²) in [6.07, 6.45) is 2.49. The first-order valence-corrected chi connectivity index (χ1v) is 6.56. The van der Waals surface area contributed by atoms with E-state index in [1.807, 2.05) is 12.1 Å². The first-order valence-electron chi connectivity index (χ1n) is 6.56. The van der Waals surface area contributed by atoms with Gasteiger partial charge >= 0.3 is 5.97 Å². The van der Waals surface area contributed by atoms with Gasteiger partial charge in [0, 0.05) is 12.4 Å². The minimum absolute atomic E-state index is 0.484. The molecule has 110 valence electrons. The van der Waals surface area contributed by atoms with Crippen LogP contribution in [-0.4, -0.2) is 21.0 Å². The number of aromatic nitrogens is 2. The van der Waals surface area contributed by atoms with Gasteiger partial charge in [-0.2, -0.15) is 0 Å². The number of benzene rings is 2. The molecule has 2 N–H and O–H groups in total. The van der Waals surface area contributed by atoms with E-state index in [-0.39, 0.29) is 0 Å². The van der Waals surface area contributed by atoms with Crippen LogP contribution in [0.3, 0.4) is 0 Å². The van der Waals surface area contributed by atoms with Gasteiger partial charge in [0.25, 0.3) is 5.56 Å². The minimum atomic E-state index is -1.32. The molecule has 22 heavy (non-hydrogen) atoms. The lowest BCUT2D eigenvalue weighted by Crippen LogP contribution is -2.18. The highest BCUT2D eigenvalue weighted by atomic mass is 16.4. The summed E-state index contributed by atoms with van der Waals surface area (Å²) in [4.78, 5) is 26.2. The maximum Gasteiger partial charge on any atom is 0.360 e. The van der Waals surface area contributed by atoms with Crippen molar-refractivity contribution in [2.45, 2.75) is 0 Å². The Kier molecular flexibility index (Phi) is 5.20. The van der Waals surface area contributed by atoms with Gasteiger partial charge in [-0.15, -0.1) is 0 Å². The molecule has 0 saturated heterocycles. The predicted octanol–water partition coefficient (Wildman–Crippen LogP) is 2.82. The molecule has 5 nitrogen and oxygen atoms in total. The quantitative estimate of drug-likeness (QED) is 0.761. The normalized spacial score (nSPS) is 9.45. The zero-order valence-electron chi connectivity index (χ0n) is 11.6. The number of H-pyrrole nitrogens is 1. The van der Waals surface area contributed by atoms with Crippen LogP contribution in [0.5, 0.6) is 0 Å². The topological polar surface area (TPSA) is 83.0 Å². The van der Waals surface area contributed by atoms with E-state index >= 15 is 0 Å². The minimum Gasteiger partial charge on any atom is -0.476 e. The molecule has 0 aliphatic carbocycles. The summed E-state index contributed by atoms with van der Waals surface area (Å²) in [5, 5.41) is 8.28. The van der Waals surface area contributed by atoms with Crippen molar-refractivity contribution in [2.75, 3.05) is 0 Å². The molecule has 0 amide bonds. The summed E-state index contributed by atoms with van der Waals surface area (Å²) in [6, 6.07) is 20.8. The van der Waals surface area contributed by atoms with Gasteiger partial charge < -0.3 is 10.1 Å². The second-order valence-corrected chi connectivity index (χ2v) is 4.30. The molecule has 0 bridgehead atoms. The Morgan fingerprint density at radius 3 is 1.77 bits per heavy atom. The van der Waals surface area contributed by atoms with Gasteiger partial charge in [-0.05, 0) is 11.1 Å². The van der Waals surface area contributed by atoms with E-state index in [2.05, 4.69) is 58.5 Å². The number of nitrogens with one attached hydrogen (secondary N) is 1. The van der Waals surface area contributed by atoms with Crippen LogP contribution in [0, 0.1) is 0 Å². The fourth-order valence-corrected chi connectivity index (χ4v) is 1.77. The van der Waals surface area contributed by atoms with Gasteiger partial charge in [0.15, 0.2) is 0 Å². The smallest absolute Gasteiger partial charge is 0.360 e. The van der Waals surface area contributed by atoms with E-state index < -0.39 is 17.2 Å². The second-order valence-electron chi connectivity index (χ2n) is 4.30. The third-order valence-corrected chi connectivity index (χ3v) is 2.79. The van der Waals surface area contributed by atoms with Gasteiger partial charge in [0.2, 0.25) is 5.69 Å². The molecule has 2 aromatic carbocycles. The van der Waals surface area contributed by atoms with E-state index in [1.165, 1.54) is 23.5 Å². The summed E-state index contributed by atoms with van der Waals surface area (Å²) in [6.45, 7) is 0. The fourth-order valence-electron chi connectivity index (χ4n) is 1.77. The number of aromatic amines is 1. The number of hydrogen-bond donors (Lipinski definition) is 2. The monoisotopic (exact) mass is 294 g/mol. The molecule has 0 saturated carbocycles. The van der Waals surface area contributed by atoms with Crippen LogP contribution in [0.2, 0.25) is 0 Å². The number of carboxylic acids is 1. The van der Waals surface area contributed by atoms with Crippen molar-refractivity contribution in [3.8, 4) is 11.1 Å². The Labute approximate surface area is 126 Å². The van der Waals surface area contributed by atoms with Gasteiger partial charge in [-0.3, -0.25) is 4.79 Å². The van der Waals surface area contributed by atoms with Crippen molar-refractivity contribution in [1.82, 2.24) is 9.97 Å². The highest BCUT2D eigenvalue weighted by Crippen LogP contribution is 2.17. The molecule has 3 rings (SSSR count). The zero-order chi connectivity index (χ0) is 15.8. The van der Waals surface area contributed by atoms with E-state index in [4.69, 9.17) is 5.11 Å². The molecule has 0 atom stereocenters. The average molecular weight is 294 g/mol. The molecule has 0 spiro atoms. The number of hydrogen-bond acceptors (Lipinski definition) is 3. The van der Waals surface area contributed by atoms with E-state index in [1.54, 1.807) is 0 Å². The molecule has 0 unspecified atom stereocenters. The largest absolute Gasteiger partial charge is 0.476 e. The van der Waals surface area contributed by atoms with Gasteiger partial charge in [0.05, 0.1) is 0 Å². The molecule has 0 aliphatic rings. The molecule has 1 aromatic heterocycles. The third-order valence-electron chi connectivity index (χ3n) is 2.79. The molecule has 3 aromatic rings. The van der Waals surface area contributed by atoms with Crippen molar-refractivity contribution in [1.29, 1.82) is 0 Å². The number of rotatable bonds is 2. The van der Waals surface area contributed by atoms with Crippen molar-refractivity contribution in [3.63, 3.8) is 0 Å². The molecule has 1 heterocycles. The number of carbonyl (C=O) groups is 1. The average Bonchev–Trinajstić information content (AvgIpc) is 2.57. The Bertz CT molecular complexity index is 746. The van der Waals surface area contributed by atoms with Crippen LogP contribution in [0.25, 0.3) is 11.1 Å². The Morgan fingerprint density at radius 2 is 1.41 bits per heavy atom. The van der Waals surface area contributed by atoms with Crippen LogP contribution < -0.4 is 5.56 Å². The van der Waals surface area contributed by atoms with Crippen LogP contribution >= 0.6 is 0 Å². The lowest BCUT2D eigenvalue weighted by Gasteiger charge is -1.98. The number of carboxylic acid groups (broad SMARTS) is 1. The molecular formula is C17H14N2O3. The fraction of sp³-hybridized carbons (Fsp3) is 0. The summed E-state index contributed by atoms with van der Waals surface area (Å²) >= 11 is 0. The van der Waals surface area contributed by atoms with Crippen LogP contribution in [0.1, 0.15) is 10.5 Å². The summed E-state index contributed by atoms with van der Waals surface area (Å²) < 4.78 is 0. The summed E-state index contributed by atoms with van der Waals surface area (Å²) in [5.74, 6) is -1.32. The first-order chi connectivity index (χ1) is 10.7. The molecule has 0 aliphatic heterocycles. The molecule has 5 heteroatoms. The highest BCUT2D eigenvalue weighted by Gasteiger charge is 2.07. The lowest BCUT2D eigenvalue weighted by atomic mass is 10.1. The maximum absolute atomic E-state index is 10.6. The highest BCUT2D eigenvalue weighted by molar-refractivity contribution is 5.84. The van der Waals surface area contributed by atoms with Crippen molar-refractivity contribution in [2.24, 2.45) is 0 Å². The van der Waals surface area contributed by atoms with Crippen LogP contribution in [-0.2, 0) is 0 Å². The van der Waals surface area contributed by atoms with Crippen molar-refractivity contribution < 1.29 is 9.90 Å². The summed E-state index contributed by atoms with van der Waals surface area (Å²) in [5.41, 5.74) is 1.38. The third kappa shape index (κ3) is 4.14. The van der Waals surface area contributed by atoms with Gasteiger partial charge in [-0.25, -0.2) is 9.78 Å². The van der Waals surface area contributed by atoms with Crippen LogP contribution in [0.15, 0.2) is 77.9 Å². The lowest BCUT2D eigenvalue weighted by molar-refractivity contribution is 0.0688. The van der Waals surface area contributed by atoms with Crippen LogP contribution in [0.4, 0.5) is 0 Å². The molecular weight excluding hydrogens is 280 g/mol. The van der Waals surface area contributed by atoms with E-state index in [9.17, 15) is 9.59 Å². The maximum atomic E-state index is 10.6. The number of aromatic carboxylic acids is 1. The van der Waals surface area contributed by atoms with Crippen molar-refractivity contribution >= 4 is 5.97 Å². The Morgan fingerprint density at radius 1 is 0.909 bits per heavy atom. The Hall–Kier alpha value is -3.21. The Balaban J connectivity index is 0.000000164. The van der Waals surface area contributed by atoms with E-state index in [0.29, 0.717) is 0 Å². The summed E-state index contributed by atoms with van der Waals surface area (Å²) in [7, 11) is 0.